The normalized spacial score (nSPS) is 15.1. The summed E-state index contributed by atoms with van der Waals surface area (Å²) in [5.41, 5.74) is 1.04. The predicted molar refractivity (Wildman–Crippen MR) is 86.6 cm³/mol. The van der Waals surface area contributed by atoms with Crippen LogP contribution in [-0.4, -0.2) is 37.1 Å². The van der Waals surface area contributed by atoms with Gasteiger partial charge in [0.2, 0.25) is 0 Å². The Morgan fingerprint density at radius 2 is 1.81 bits per heavy atom. The summed E-state index contributed by atoms with van der Waals surface area (Å²) in [7, 11) is 0. The summed E-state index contributed by atoms with van der Waals surface area (Å²) in [5, 5.41) is 6.45. The summed E-state index contributed by atoms with van der Waals surface area (Å²) in [4.78, 5) is 14.1. The van der Waals surface area contributed by atoms with E-state index in [9.17, 15) is 4.79 Å². The van der Waals surface area contributed by atoms with Gasteiger partial charge in [0.15, 0.2) is 0 Å². The molecule has 1 saturated heterocycles. The van der Waals surface area contributed by atoms with Crippen LogP contribution in [0.25, 0.3) is 0 Å². The molecule has 0 aromatic heterocycles. The van der Waals surface area contributed by atoms with E-state index in [2.05, 4.69) is 15.5 Å². The predicted octanol–water partition coefficient (Wildman–Crippen LogP) is 3.02. The first-order chi connectivity index (χ1) is 10.2. The van der Waals surface area contributed by atoms with Crippen molar-refractivity contribution in [3.63, 3.8) is 0 Å². The lowest BCUT2D eigenvalue weighted by atomic mass is 10.2. The van der Waals surface area contributed by atoms with Crippen LogP contribution in [0.4, 0.5) is 4.79 Å². The Balaban J connectivity index is 1.50. The summed E-state index contributed by atoms with van der Waals surface area (Å²) in [6, 6.07) is 7.38. The van der Waals surface area contributed by atoms with Crippen LogP contribution in [0.15, 0.2) is 24.3 Å². The monoisotopic (exact) mass is 309 g/mol. The van der Waals surface area contributed by atoms with Gasteiger partial charge in [0.05, 0.1) is 0 Å². The van der Waals surface area contributed by atoms with E-state index in [0.717, 1.165) is 31.5 Å². The van der Waals surface area contributed by atoms with Gasteiger partial charge in [0.25, 0.3) is 0 Å². The molecule has 0 radical (unpaired) electrons. The molecule has 5 heteroatoms. The van der Waals surface area contributed by atoms with Crippen molar-refractivity contribution in [3.05, 3.63) is 34.9 Å². The van der Waals surface area contributed by atoms with E-state index in [-0.39, 0.29) is 6.03 Å². The Morgan fingerprint density at radius 3 is 2.52 bits per heavy atom. The first kappa shape index (κ1) is 16.1. The Kier molecular flexibility index (Phi) is 6.83. The van der Waals surface area contributed by atoms with E-state index < -0.39 is 0 Å². The molecule has 1 aromatic carbocycles. The summed E-state index contributed by atoms with van der Waals surface area (Å²) in [6.07, 6.45) is 4.86. The van der Waals surface area contributed by atoms with Gasteiger partial charge in [-0.15, -0.1) is 0 Å². The number of carbonyl (C=O) groups is 1. The minimum atomic E-state index is -0.105. The lowest BCUT2D eigenvalue weighted by Gasteiger charge is -2.14. The molecule has 1 aliphatic rings. The van der Waals surface area contributed by atoms with Gasteiger partial charge in [-0.3, -0.25) is 0 Å². The summed E-state index contributed by atoms with van der Waals surface area (Å²) < 4.78 is 0. The lowest BCUT2D eigenvalue weighted by molar-refractivity contribution is 0.240. The molecule has 116 valence electrons. The maximum Gasteiger partial charge on any atom is 0.315 e. The average Bonchev–Trinajstić information content (AvgIpc) is 2.99. The van der Waals surface area contributed by atoms with Gasteiger partial charge in [-0.25, -0.2) is 4.79 Å². The zero-order chi connectivity index (χ0) is 14.9. The van der Waals surface area contributed by atoms with Gasteiger partial charge < -0.3 is 15.5 Å². The first-order valence-corrected chi connectivity index (χ1v) is 8.10. The van der Waals surface area contributed by atoms with E-state index in [1.165, 1.54) is 25.9 Å². The fraction of sp³-hybridized carbons (Fsp3) is 0.562. The number of carbonyl (C=O) groups excluding carboxylic acids is 1. The number of hydrogen-bond donors (Lipinski definition) is 2. The van der Waals surface area contributed by atoms with Gasteiger partial charge in [-0.2, -0.15) is 0 Å². The molecule has 1 heterocycles. The molecule has 2 amide bonds. The molecule has 0 saturated carbocycles. The molecule has 1 aliphatic heterocycles. The third-order valence-corrected chi connectivity index (χ3v) is 4.00. The van der Waals surface area contributed by atoms with E-state index in [4.69, 9.17) is 11.6 Å². The highest BCUT2D eigenvalue weighted by atomic mass is 35.5. The standard InChI is InChI=1S/C16H24ClN3O/c17-15-7-5-14(6-8-15)13-19-16(21)18-9-1-2-10-20-11-3-4-12-20/h5-8H,1-4,9-13H2,(H2,18,19,21). The van der Waals surface area contributed by atoms with Crippen LogP contribution in [0.5, 0.6) is 0 Å². The summed E-state index contributed by atoms with van der Waals surface area (Å²) in [5.74, 6) is 0. The number of urea groups is 1. The van der Waals surface area contributed by atoms with Gasteiger partial charge in [-0.1, -0.05) is 23.7 Å². The van der Waals surface area contributed by atoms with Crippen LogP contribution in [0, 0.1) is 0 Å². The van der Waals surface area contributed by atoms with Crippen molar-refractivity contribution in [1.29, 1.82) is 0 Å². The quantitative estimate of drug-likeness (QED) is 0.760. The number of benzene rings is 1. The second kappa shape index (κ2) is 8.90. The minimum Gasteiger partial charge on any atom is -0.338 e. The third-order valence-electron chi connectivity index (χ3n) is 3.75. The van der Waals surface area contributed by atoms with E-state index >= 15 is 0 Å². The molecule has 0 unspecified atom stereocenters. The van der Waals surface area contributed by atoms with Crippen LogP contribution in [0.3, 0.4) is 0 Å². The van der Waals surface area contributed by atoms with Crippen LogP contribution in [-0.2, 0) is 6.54 Å². The topological polar surface area (TPSA) is 44.4 Å². The van der Waals surface area contributed by atoms with E-state index in [0.29, 0.717) is 11.6 Å². The number of nitrogens with one attached hydrogen (secondary N) is 2. The minimum absolute atomic E-state index is 0.105. The van der Waals surface area contributed by atoms with Crippen molar-refractivity contribution in [2.75, 3.05) is 26.2 Å². The number of hydrogen-bond acceptors (Lipinski definition) is 2. The fourth-order valence-corrected chi connectivity index (χ4v) is 2.64. The van der Waals surface area contributed by atoms with Gasteiger partial charge in [-0.05, 0) is 63.0 Å². The Hall–Kier alpha value is -1.26. The second-order valence-electron chi connectivity index (χ2n) is 5.49. The van der Waals surface area contributed by atoms with Crippen LogP contribution < -0.4 is 10.6 Å². The van der Waals surface area contributed by atoms with E-state index in [1.807, 2.05) is 24.3 Å². The Bertz CT molecular complexity index is 430. The zero-order valence-electron chi connectivity index (χ0n) is 12.4. The van der Waals surface area contributed by atoms with Crippen molar-refractivity contribution >= 4 is 17.6 Å². The lowest BCUT2D eigenvalue weighted by Crippen LogP contribution is -2.35. The van der Waals surface area contributed by atoms with Gasteiger partial charge in [0, 0.05) is 18.1 Å². The molecule has 0 atom stereocenters. The maximum atomic E-state index is 11.6. The molecule has 0 bridgehead atoms. The highest BCUT2D eigenvalue weighted by molar-refractivity contribution is 6.30. The second-order valence-corrected chi connectivity index (χ2v) is 5.93. The molecular formula is C16H24ClN3O. The number of amides is 2. The highest BCUT2D eigenvalue weighted by Gasteiger charge is 2.10. The van der Waals surface area contributed by atoms with Gasteiger partial charge in [0.1, 0.15) is 0 Å². The van der Waals surface area contributed by atoms with Crippen molar-refractivity contribution < 1.29 is 4.79 Å². The molecule has 21 heavy (non-hydrogen) atoms. The SMILES string of the molecule is O=C(NCCCCN1CCCC1)NCc1ccc(Cl)cc1. The van der Waals surface area contributed by atoms with Crippen molar-refractivity contribution in [2.45, 2.75) is 32.2 Å². The molecule has 2 N–H and O–H groups in total. The summed E-state index contributed by atoms with van der Waals surface area (Å²) in [6.45, 7) is 4.91. The number of halogens is 1. The van der Waals surface area contributed by atoms with Crippen LogP contribution >= 0.6 is 11.6 Å². The van der Waals surface area contributed by atoms with Gasteiger partial charge >= 0.3 is 6.03 Å². The number of unbranched alkanes of at least 4 members (excludes halogenated alkanes) is 1. The molecule has 2 rings (SSSR count). The maximum absolute atomic E-state index is 11.6. The molecule has 4 nitrogen and oxygen atoms in total. The molecule has 0 spiro atoms. The highest BCUT2D eigenvalue weighted by Crippen LogP contribution is 2.09. The smallest absolute Gasteiger partial charge is 0.315 e. The third kappa shape index (κ3) is 6.36. The van der Waals surface area contributed by atoms with Crippen molar-refractivity contribution in [1.82, 2.24) is 15.5 Å². The van der Waals surface area contributed by atoms with Crippen LogP contribution in [0.2, 0.25) is 5.02 Å². The fourth-order valence-electron chi connectivity index (χ4n) is 2.52. The number of rotatable bonds is 7. The Morgan fingerprint density at radius 1 is 1.10 bits per heavy atom. The van der Waals surface area contributed by atoms with Crippen molar-refractivity contribution in [2.24, 2.45) is 0 Å². The molecule has 0 aliphatic carbocycles. The Labute approximate surface area is 131 Å². The average molecular weight is 310 g/mol. The summed E-state index contributed by atoms with van der Waals surface area (Å²) >= 11 is 5.82. The van der Waals surface area contributed by atoms with Crippen molar-refractivity contribution in [3.8, 4) is 0 Å². The zero-order valence-corrected chi connectivity index (χ0v) is 13.2. The van der Waals surface area contributed by atoms with Crippen LogP contribution in [0.1, 0.15) is 31.2 Å². The first-order valence-electron chi connectivity index (χ1n) is 7.72. The molecule has 1 fully saturated rings. The largest absolute Gasteiger partial charge is 0.338 e. The number of likely N-dealkylation sites (tertiary alicyclic amines) is 1. The number of nitrogens with zero attached hydrogens (tertiary/aromatic N) is 1. The van der Waals surface area contributed by atoms with E-state index in [1.54, 1.807) is 0 Å². The molecule has 1 aromatic rings. The molecular weight excluding hydrogens is 286 g/mol.